The molecule has 1 atom stereocenters. The van der Waals surface area contributed by atoms with E-state index in [0.29, 0.717) is 12.8 Å². The molecule has 11 heteroatoms. The lowest BCUT2D eigenvalue weighted by Crippen LogP contribution is -2.49. The van der Waals surface area contributed by atoms with Crippen molar-refractivity contribution in [2.24, 2.45) is 5.41 Å². The molecule has 0 saturated carbocycles. The fourth-order valence-corrected chi connectivity index (χ4v) is 4.64. The summed E-state index contributed by atoms with van der Waals surface area (Å²) in [7, 11) is -3.57. The number of carbonyl (C=O) groups excluding carboxylic acids is 1. The van der Waals surface area contributed by atoms with Gasteiger partial charge in [-0.25, -0.2) is 18.2 Å². The van der Waals surface area contributed by atoms with E-state index in [1.807, 2.05) is 0 Å². The second-order valence-electron chi connectivity index (χ2n) is 7.37. The van der Waals surface area contributed by atoms with Gasteiger partial charge in [0, 0.05) is 6.54 Å². The molecular weight excluding hydrogens is 442 g/mol. The van der Waals surface area contributed by atoms with Crippen molar-refractivity contribution in [2.45, 2.75) is 39.7 Å². The Kier molecular flexibility index (Phi) is 6.05. The van der Waals surface area contributed by atoms with E-state index >= 15 is 0 Å². The Bertz CT molecular complexity index is 866. The van der Waals surface area contributed by atoms with Crippen LogP contribution >= 0.6 is 15.9 Å². The van der Waals surface area contributed by atoms with Crippen molar-refractivity contribution in [1.29, 1.82) is 0 Å². The Hall–Kier alpha value is -1.88. The maximum Gasteiger partial charge on any atom is 0.326 e. The summed E-state index contributed by atoms with van der Waals surface area (Å²) >= 11 is 3.10. The Labute approximate surface area is 166 Å². The van der Waals surface area contributed by atoms with Gasteiger partial charge in [-0.3, -0.25) is 9.10 Å². The Morgan fingerprint density at radius 1 is 1.33 bits per heavy atom. The van der Waals surface area contributed by atoms with Gasteiger partial charge >= 0.3 is 5.97 Å². The number of carboxylic acids is 1. The monoisotopic (exact) mass is 463 g/mol. The highest BCUT2D eigenvalue weighted by atomic mass is 79.9. The first kappa shape index (κ1) is 21.4. The molecule has 3 N–H and O–H groups in total. The van der Waals surface area contributed by atoms with Crippen LogP contribution in [0.1, 0.15) is 44.1 Å². The van der Waals surface area contributed by atoms with Crippen molar-refractivity contribution >= 4 is 43.6 Å². The van der Waals surface area contributed by atoms with Crippen LogP contribution in [-0.4, -0.2) is 53.8 Å². The van der Waals surface area contributed by atoms with Crippen LogP contribution in [0.2, 0.25) is 0 Å². The summed E-state index contributed by atoms with van der Waals surface area (Å²) in [5.41, 5.74) is -1.24. The van der Waals surface area contributed by atoms with Gasteiger partial charge in [0.2, 0.25) is 10.0 Å². The third-order valence-electron chi connectivity index (χ3n) is 4.14. The third kappa shape index (κ3) is 4.70. The number of carboxylic acid groups (broad SMARTS) is 1. The van der Waals surface area contributed by atoms with Crippen molar-refractivity contribution in [2.75, 3.05) is 16.6 Å². The average Bonchev–Trinajstić information content (AvgIpc) is 2.53. The Morgan fingerprint density at radius 2 is 1.96 bits per heavy atom. The number of aromatic nitrogens is 1. The van der Waals surface area contributed by atoms with E-state index in [1.165, 1.54) is 6.07 Å². The molecule has 2 heterocycles. The van der Waals surface area contributed by atoms with Gasteiger partial charge in [0.15, 0.2) is 11.4 Å². The molecule has 0 aliphatic carbocycles. The molecule has 1 aromatic heterocycles. The Morgan fingerprint density at radius 3 is 2.48 bits per heavy atom. The van der Waals surface area contributed by atoms with Crippen molar-refractivity contribution in [3.05, 3.63) is 16.2 Å². The van der Waals surface area contributed by atoms with E-state index in [-0.39, 0.29) is 22.6 Å². The SMILES string of the molecule is CC(C)(C)C(NC(=O)c1nc(N2CCCCS2(=O)=O)cc(Br)c1O)C(=O)O. The zero-order chi connectivity index (χ0) is 20.6. The largest absolute Gasteiger partial charge is 0.504 e. The maximum absolute atomic E-state index is 12.6. The predicted octanol–water partition coefficient (Wildman–Crippen LogP) is 1.71. The zero-order valence-corrected chi connectivity index (χ0v) is 17.6. The normalized spacial score (nSPS) is 18.0. The fraction of sp³-hybridized carbons (Fsp3) is 0.562. The highest BCUT2D eigenvalue weighted by Gasteiger charge is 2.35. The standard InChI is InChI=1S/C16H22BrN3O6S/c1-16(2,3)13(15(23)24)19-14(22)11-12(21)9(17)8-10(18-11)20-6-4-5-7-27(20,25)26/h8,13,21H,4-7H2,1-3H3,(H,19,22)(H,23,24). The number of sulfonamides is 1. The summed E-state index contributed by atoms with van der Waals surface area (Å²) in [4.78, 5) is 28.1. The molecule has 1 aliphatic rings. The van der Waals surface area contributed by atoms with Gasteiger partial charge in [-0.1, -0.05) is 20.8 Å². The first-order valence-electron chi connectivity index (χ1n) is 8.28. The van der Waals surface area contributed by atoms with E-state index in [9.17, 15) is 28.2 Å². The van der Waals surface area contributed by atoms with Crippen LogP contribution in [0.15, 0.2) is 10.5 Å². The number of carbonyl (C=O) groups is 2. The number of aromatic hydroxyl groups is 1. The topological polar surface area (TPSA) is 137 Å². The second kappa shape index (κ2) is 7.63. The summed E-state index contributed by atoms with van der Waals surface area (Å²) in [5, 5.41) is 21.9. The molecule has 0 aromatic carbocycles. The lowest BCUT2D eigenvalue weighted by atomic mass is 9.86. The number of rotatable bonds is 4. The van der Waals surface area contributed by atoms with E-state index < -0.39 is 44.8 Å². The van der Waals surface area contributed by atoms with Gasteiger partial charge in [0.25, 0.3) is 5.91 Å². The molecule has 1 unspecified atom stereocenters. The van der Waals surface area contributed by atoms with Crippen LogP contribution in [0.3, 0.4) is 0 Å². The van der Waals surface area contributed by atoms with Crippen molar-refractivity contribution in [1.82, 2.24) is 10.3 Å². The van der Waals surface area contributed by atoms with E-state index in [1.54, 1.807) is 20.8 Å². The summed E-state index contributed by atoms with van der Waals surface area (Å²) < 4.78 is 25.8. The molecule has 0 spiro atoms. The van der Waals surface area contributed by atoms with Gasteiger partial charge in [0.05, 0.1) is 10.2 Å². The number of hydrogen-bond donors (Lipinski definition) is 3. The van der Waals surface area contributed by atoms with Gasteiger partial charge in [-0.2, -0.15) is 0 Å². The minimum Gasteiger partial charge on any atom is -0.504 e. The molecular formula is C16H22BrN3O6S. The van der Waals surface area contributed by atoms with Crippen LogP contribution < -0.4 is 9.62 Å². The molecule has 0 bridgehead atoms. The second-order valence-corrected chi connectivity index (χ2v) is 10.2. The van der Waals surface area contributed by atoms with Gasteiger partial charge < -0.3 is 15.5 Å². The fourth-order valence-electron chi connectivity index (χ4n) is 2.67. The summed E-state index contributed by atoms with van der Waals surface area (Å²) in [6, 6.07) is 0.0836. The molecule has 1 aromatic rings. The lowest BCUT2D eigenvalue weighted by Gasteiger charge is -2.29. The summed E-state index contributed by atoms with van der Waals surface area (Å²) in [6.07, 6.45) is 1.18. The van der Waals surface area contributed by atoms with Crippen molar-refractivity contribution < 1.29 is 28.2 Å². The Balaban J connectivity index is 2.43. The number of amides is 1. The number of halogens is 1. The highest BCUT2D eigenvalue weighted by molar-refractivity contribution is 9.10. The molecule has 1 saturated heterocycles. The number of pyridine rings is 1. The molecule has 27 heavy (non-hydrogen) atoms. The minimum atomic E-state index is -3.57. The number of nitrogens with one attached hydrogen (secondary N) is 1. The van der Waals surface area contributed by atoms with Gasteiger partial charge in [0.1, 0.15) is 11.9 Å². The van der Waals surface area contributed by atoms with Crippen molar-refractivity contribution in [3.8, 4) is 5.75 Å². The first-order chi connectivity index (χ1) is 12.3. The van der Waals surface area contributed by atoms with Crippen LogP contribution in [0.4, 0.5) is 5.82 Å². The average molecular weight is 464 g/mol. The smallest absolute Gasteiger partial charge is 0.326 e. The van der Waals surface area contributed by atoms with Gasteiger partial charge in [-0.05, 0) is 40.3 Å². The quantitative estimate of drug-likeness (QED) is 0.617. The summed E-state index contributed by atoms with van der Waals surface area (Å²) in [6.45, 7) is 5.15. The molecule has 1 aliphatic heterocycles. The molecule has 150 valence electrons. The molecule has 1 fully saturated rings. The predicted molar refractivity (Wildman–Crippen MR) is 102 cm³/mol. The van der Waals surface area contributed by atoms with Crippen LogP contribution in [0.25, 0.3) is 0 Å². The lowest BCUT2D eigenvalue weighted by molar-refractivity contribution is -0.142. The van der Waals surface area contributed by atoms with Crippen LogP contribution in [0, 0.1) is 5.41 Å². The van der Waals surface area contributed by atoms with Crippen LogP contribution in [0.5, 0.6) is 5.75 Å². The molecule has 2 rings (SSSR count). The number of hydrogen-bond acceptors (Lipinski definition) is 6. The third-order valence-corrected chi connectivity index (χ3v) is 6.59. The minimum absolute atomic E-state index is 0.00726. The van der Waals surface area contributed by atoms with E-state index in [2.05, 4.69) is 26.2 Å². The molecule has 9 nitrogen and oxygen atoms in total. The van der Waals surface area contributed by atoms with Crippen molar-refractivity contribution in [3.63, 3.8) is 0 Å². The molecule has 0 radical (unpaired) electrons. The zero-order valence-electron chi connectivity index (χ0n) is 15.2. The number of aliphatic carboxylic acids is 1. The highest BCUT2D eigenvalue weighted by Crippen LogP contribution is 2.33. The maximum atomic E-state index is 12.6. The van der Waals surface area contributed by atoms with E-state index in [0.717, 1.165) is 4.31 Å². The number of anilines is 1. The summed E-state index contributed by atoms with van der Waals surface area (Å²) in [5.74, 6) is -2.67. The van der Waals surface area contributed by atoms with Crippen LogP contribution in [-0.2, 0) is 14.8 Å². The van der Waals surface area contributed by atoms with Gasteiger partial charge in [-0.15, -0.1) is 0 Å². The molecule has 1 amide bonds. The first-order valence-corrected chi connectivity index (χ1v) is 10.7. The van der Waals surface area contributed by atoms with E-state index in [4.69, 9.17) is 0 Å². The number of nitrogens with zero attached hydrogens (tertiary/aromatic N) is 2.